The normalized spacial score (nSPS) is 10.4. The summed E-state index contributed by atoms with van der Waals surface area (Å²) in [5, 5.41) is 2.67. The molecule has 1 rings (SSSR count). The lowest BCUT2D eigenvalue weighted by Crippen LogP contribution is -2.16. The van der Waals surface area contributed by atoms with Crippen LogP contribution in [0.4, 0.5) is 24.5 Å². The molecule has 0 aliphatic heterocycles. The van der Waals surface area contributed by atoms with Gasteiger partial charge < -0.3 is 21.5 Å². The molecule has 0 saturated carbocycles. The zero-order valence-electron chi connectivity index (χ0n) is 9.25. The highest BCUT2D eigenvalue weighted by Crippen LogP contribution is 2.29. The van der Waals surface area contributed by atoms with E-state index in [1.54, 1.807) is 0 Å². The molecule has 1 aromatic rings. The summed E-state index contributed by atoms with van der Waals surface area (Å²) in [4.78, 5) is 10.5. The zero-order chi connectivity index (χ0) is 13.7. The highest BCUT2D eigenvalue weighted by atomic mass is 19.3. The van der Waals surface area contributed by atoms with Crippen LogP contribution in [0.2, 0.25) is 0 Å². The molecule has 0 aliphatic carbocycles. The number of ether oxygens (including phenoxy) is 1. The van der Waals surface area contributed by atoms with Crippen molar-refractivity contribution in [2.24, 2.45) is 5.73 Å². The molecule has 5 nitrogen and oxygen atoms in total. The molecule has 100 valence electrons. The first-order valence-corrected chi connectivity index (χ1v) is 4.96. The summed E-state index contributed by atoms with van der Waals surface area (Å²) in [7, 11) is 0. The minimum Gasteiger partial charge on any atom is -0.432 e. The van der Waals surface area contributed by atoms with Crippen LogP contribution in [0.1, 0.15) is 6.42 Å². The molecule has 0 fully saturated rings. The lowest BCUT2D eigenvalue weighted by atomic mass is 10.2. The van der Waals surface area contributed by atoms with E-state index < -0.39 is 24.1 Å². The molecule has 8 heteroatoms. The van der Waals surface area contributed by atoms with Gasteiger partial charge in [-0.15, -0.1) is 0 Å². The van der Waals surface area contributed by atoms with Gasteiger partial charge in [0.1, 0.15) is 0 Å². The standard InChI is InChI=1S/C10H12F3N3O2/c11-5-3-6(14)7(16-2-1-9(15)17)4-8(5)18-10(12)13/h3-4,10,16H,1-2,14H2,(H2,15,17). The number of rotatable bonds is 6. The number of nitrogen functional groups attached to an aromatic ring is 1. The number of carbonyl (C=O) groups is 1. The lowest BCUT2D eigenvalue weighted by Gasteiger charge is -2.12. The molecule has 1 aromatic carbocycles. The van der Waals surface area contributed by atoms with Crippen molar-refractivity contribution in [3.63, 3.8) is 0 Å². The molecule has 0 aromatic heterocycles. The maximum absolute atomic E-state index is 13.2. The molecule has 0 atom stereocenters. The topological polar surface area (TPSA) is 90.4 Å². The highest BCUT2D eigenvalue weighted by Gasteiger charge is 2.13. The largest absolute Gasteiger partial charge is 0.432 e. The number of nitrogens with one attached hydrogen (secondary N) is 1. The smallest absolute Gasteiger partial charge is 0.387 e. The molecule has 0 unspecified atom stereocenters. The quantitative estimate of drug-likeness (QED) is 0.675. The number of hydrogen-bond acceptors (Lipinski definition) is 4. The van der Waals surface area contributed by atoms with Gasteiger partial charge in [0.25, 0.3) is 0 Å². The van der Waals surface area contributed by atoms with Gasteiger partial charge in [-0.25, -0.2) is 4.39 Å². The Kier molecular flexibility index (Phi) is 4.64. The first-order valence-electron chi connectivity index (χ1n) is 4.96. The highest BCUT2D eigenvalue weighted by molar-refractivity contribution is 5.75. The summed E-state index contributed by atoms with van der Waals surface area (Å²) in [6.07, 6.45) is 0.0296. The molecule has 5 N–H and O–H groups in total. The van der Waals surface area contributed by atoms with Crippen LogP contribution in [0.25, 0.3) is 0 Å². The van der Waals surface area contributed by atoms with Gasteiger partial charge in [-0.05, 0) is 0 Å². The van der Waals surface area contributed by atoms with Crippen LogP contribution in [0.3, 0.4) is 0 Å². The third kappa shape index (κ3) is 4.04. The summed E-state index contributed by atoms with van der Waals surface area (Å²) in [6, 6.07) is 1.85. The van der Waals surface area contributed by atoms with Gasteiger partial charge in [-0.3, -0.25) is 4.79 Å². The summed E-state index contributed by atoms with van der Waals surface area (Å²) in [5.41, 5.74) is 10.6. The van der Waals surface area contributed by atoms with Crippen LogP contribution in [-0.4, -0.2) is 19.1 Å². The van der Waals surface area contributed by atoms with Crippen molar-refractivity contribution in [2.75, 3.05) is 17.6 Å². The summed E-state index contributed by atoms with van der Waals surface area (Å²) in [6.45, 7) is -2.99. The fourth-order valence-corrected chi connectivity index (χ4v) is 1.23. The average molecular weight is 263 g/mol. The fourth-order valence-electron chi connectivity index (χ4n) is 1.23. The summed E-state index contributed by atoms with van der Waals surface area (Å²) in [5.74, 6) is -2.15. The van der Waals surface area contributed by atoms with Crippen LogP contribution in [0.15, 0.2) is 12.1 Å². The Morgan fingerprint density at radius 2 is 2.11 bits per heavy atom. The maximum atomic E-state index is 13.2. The van der Waals surface area contributed by atoms with Crippen molar-refractivity contribution >= 4 is 17.3 Å². The molecule has 0 heterocycles. The lowest BCUT2D eigenvalue weighted by molar-refractivity contribution is -0.117. The van der Waals surface area contributed by atoms with Gasteiger partial charge in [-0.2, -0.15) is 8.78 Å². The third-order valence-corrected chi connectivity index (χ3v) is 2.01. The average Bonchev–Trinajstić information content (AvgIpc) is 2.23. The van der Waals surface area contributed by atoms with Crippen LogP contribution in [0, 0.1) is 5.82 Å². The van der Waals surface area contributed by atoms with Crippen molar-refractivity contribution in [1.82, 2.24) is 0 Å². The van der Waals surface area contributed by atoms with Gasteiger partial charge in [0.2, 0.25) is 5.91 Å². The van der Waals surface area contributed by atoms with E-state index in [0.29, 0.717) is 0 Å². The number of benzene rings is 1. The minimum absolute atomic E-state index is 0.0126. The van der Waals surface area contributed by atoms with E-state index in [0.717, 1.165) is 12.1 Å². The number of alkyl halides is 2. The van der Waals surface area contributed by atoms with Gasteiger partial charge in [0.05, 0.1) is 11.4 Å². The van der Waals surface area contributed by atoms with E-state index in [9.17, 15) is 18.0 Å². The Labute approximate surface area is 101 Å². The van der Waals surface area contributed by atoms with E-state index >= 15 is 0 Å². The molecular formula is C10H12F3N3O2. The van der Waals surface area contributed by atoms with Gasteiger partial charge in [0, 0.05) is 25.1 Å². The Balaban J connectivity index is 2.80. The third-order valence-electron chi connectivity index (χ3n) is 2.01. The van der Waals surface area contributed by atoms with Crippen molar-refractivity contribution in [2.45, 2.75) is 13.0 Å². The molecule has 1 amide bonds. The number of anilines is 2. The first kappa shape index (κ1) is 13.9. The summed E-state index contributed by atoms with van der Waals surface area (Å²) < 4.78 is 41.2. The monoisotopic (exact) mass is 263 g/mol. The number of carbonyl (C=O) groups excluding carboxylic acids is 1. The molecule has 0 spiro atoms. The van der Waals surface area contributed by atoms with Crippen molar-refractivity contribution in [3.05, 3.63) is 17.9 Å². The van der Waals surface area contributed by atoms with Crippen LogP contribution in [-0.2, 0) is 4.79 Å². The van der Waals surface area contributed by atoms with Crippen LogP contribution >= 0.6 is 0 Å². The Morgan fingerprint density at radius 3 is 2.67 bits per heavy atom. The second-order valence-corrected chi connectivity index (χ2v) is 3.39. The second kappa shape index (κ2) is 5.99. The Morgan fingerprint density at radius 1 is 1.44 bits per heavy atom. The number of primary amides is 1. The Bertz CT molecular complexity index is 441. The van der Waals surface area contributed by atoms with Gasteiger partial charge in [0.15, 0.2) is 11.6 Å². The van der Waals surface area contributed by atoms with Crippen LogP contribution < -0.4 is 21.5 Å². The van der Waals surface area contributed by atoms with E-state index in [1.165, 1.54) is 0 Å². The van der Waals surface area contributed by atoms with Gasteiger partial charge in [-0.1, -0.05) is 0 Å². The van der Waals surface area contributed by atoms with Gasteiger partial charge >= 0.3 is 6.61 Å². The predicted octanol–water partition coefficient (Wildman–Crippen LogP) is 1.30. The minimum atomic E-state index is -3.14. The fraction of sp³-hybridized carbons (Fsp3) is 0.300. The molecule has 0 aliphatic rings. The van der Waals surface area contributed by atoms with Crippen LogP contribution in [0.5, 0.6) is 5.75 Å². The maximum Gasteiger partial charge on any atom is 0.387 e. The second-order valence-electron chi connectivity index (χ2n) is 3.39. The molecule has 0 bridgehead atoms. The molecule has 0 radical (unpaired) electrons. The number of hydrogen-bond donors (Lipinski definition) is 3. The van der Waals surface area contributed by atoms with E-state index in [4.69, 9.17) is 11.5 Å². The molecule has 18 heavy (non-hydrogen) atoms. The zero-order valence-corrected chi connectivity index (χ0v) is 9.25. The van der Waals surface area contributed by atoms with E-state index in [-0.39, 0.29) is 24.3 Å². The van der Waals surface area contributed by atoms with E-state index in [1.807, 2.05) is 0 Å². The van der Waals surface area contributed by atoms with Crippen molar-refractivity contribution < 1.29 is 22.7 Å². The van der Waals surface area contributed by atoms with Crippen molar-refractivity contribution in [1.29, 1.82) is 0 Å². The van der Waals surface area contributed by atoms with Crippen molar-refractivity contribution in [3.8, 4) is 5.75 Å². The summed E-state index contributed by atoms with van der Waals surface area (Å²) >= 11 is 0. The predicted molar refractivity (Wildman–Crippen MR) is 59.7 cm³/mol. The number of nitrogens with two attached hydrogens (primary N) is 2. The SMILES string of the molecule is NC(=O)CCNc1cc(OC(F)F)c(F)cc1N. The number of halogens is 3. The molecular weight excluding hydrogens is 251 g/mol. The molecule has 0 saturated heterocycles. The first-order chi connectivity index (χ1) is 8.40. The van der Waals surface area contributed by atoms with E-state index in [2.05, 4.69) is 10.1 Å². The number of amides is 1. The Hall–Kier alpha value is -2.12.